The fraction of sp³-hybridized carbons (Fsp3) is 0.0909. The van der Waals surface area contributed by atoms with Crippen LogP contribution in [0.4, 0.5) is 5.82 Å². The molecule has 0 bridgehead atoms. The van der Waals surface area contributed by atoms with Crippen molar-refractivity contribution in [3.8, 4) is 0 Å². The molecule has 2 rings (SSSR count). The maximum atomic E-state index is 11.7. The van der Waals surface area contributed by atoms with E-state index in [0.29, 0.717) is 12.2 Å². The molecule has 0 radical (unpaired) electrons. The minimum Gasteiger partial charge on any atom is -0.309 e. The van der Waals surface area contributed by atoms with Gasteiger partial charge in [0.05, 0.1) is 10.9 Å². The smallest absolute Gasteiger partial charge is 0.230 e. The van der Waals surface area contributed by atoms with Crippen LogP contribution in [0.15, 0.2) is 39.6 Å². The molecule has 3 nitrogen and oxygen atoms in total. The number of halogens is 1. The normalized spacial score (nSPS) is 10.1. The van der Waals surface area contributed by atoms with Gasteiger partial charge in [0.2, 0.25) is 5.91 Å². The van der Waals surface area contributed by atoms with Gasteiger partial charge >= 0.3 is 0 Å². The summed E-state index contributed by atoms with van der Waals surface area (Å²) >= 11 is 4.91. The van der Waals surface area contributed by atoms with Gasteiger partial charge in [0, 0.05) is 6.20 Å². The van der Waals surface area contributed by atoms with Crippen molar-refractivity contribution in [2.45, 2.75) is 6.42 Å². The van der Waals surface area contributed by atoms with Crippen LogP contribution in [0.1, 0.15) is 5.56 Å². The third-order valence-corrected chi connectivity index (χ3v) is 3.33. The molecule has 0 fully saturated rings. The van der Waals surface area contributed by atoms with Gasteiger partial charge in [-0.15, -0.1) is 0 Å². The van der Waals surface area contributed by atoms with E-state index in [2.05, 4.69) is 26.2 Å². The van der Waals surface area contributed by atoms with E-state index < -0.39 is 0 Å². The number of carbonyl (C=O) groups excluding carboxylic acids is 1. The van der Waals surface area contributed by atoms with Crippen LogP contribution in [-0.2, 0) is 11.2 Å². The molecule has 1 N–H and O–H groups in total. The largest absolute Gasteiger partial charge is 0.309 e. The number of aromatic nitrogens is 1. The van der Waals surface area contributed by atoms with E-state index in [9.17, 15) is 4.79 Å². The predicted octanol–water partition coefficient (Wildman–Crippen LogP) is 3.09. The zero-order valence-corrected chi connectivity index (χ0v) is 10.7. The Morgan fingerprint density at radius 1 is 1.50 bits per heavy atom. The second-order valence-electron chi connectivity index (χ2n) is 3.19. The number of pyridine rings is 1. The maximum absolute atomic E-state index is 11.7. The van der Waals surface area contributed by atoms with Crippen molar-refractivity contribution in [3.63, 3.8) is 0 Å². The predicted molar refractivity (Wildman–Crippen MR) is 68.6 cm³/mol. The Balaban J connectivity index is 2.00. The fourth-order valence-electron chi connectivity index (χ4n) is 1.23. The van der Waals surface area contributed by atoms with Crippen molar-refractivity contribution in [2.75, 3.05) is 5.32 Å². The third-order valence-electron chi connectivity index (χ3n) is 1.96. The Morgan fingerprint density at radius 2 is 2.38 bits per heavy atom. The number of rotatable bonds is 3. The summed E-state index contributed by atoms with van der Waals surface area (Å²) in [4.78, 5) is 15.7. The summed E-state index contributed by atoms with van der Waals surface area (Å²) in [5, 5.41) is 6.68. The fourth-order valence-corrected chi connectivity index (χ4v) is 2.26. The highest BCUT2D eigenvalue weighted by atomic mass is 79.9. The molecule has 0 saturated heterocycles. The van der Waals surface area contributed by atoms with Gasteiger partial charge < -0.3 is 5.32 Å². The Bertz CT molecular complexity index is 484. The zero-order chi connectivity index (χ0) is 11.4. The molecule has 1 amide bonds. The summed E-state index contributed by atoms with van der Waals surface area (Å²) in [6, 6.07) is 5.59. The lowest BCUT2D eigenvalue weighted by Gasteiger charge is -2.04. The molecule has 16 heavy (non-hydrogen) atoms. The molecule has 0 atom stereocenters. The van der Waals surface area contributed by atoms with Gasteiger partial charge in [0.15, 0.2) is 0 Å². The highest BCUT2D eigenvalue weighted by Gasteiger charge is 2.07. The van der Waals surface area contributed by atoms with E-state index >= 15 is 0 Å². The Hall–Kier alpha value is -1.20. The summed E-state index contributed by atoms with van der Waals surface area (Å²) in [6.45, 7) is 0. The molecule has 2 aromatic heterocycles. The Morgan fingerprint density at radius 3 is 3.06 bits per heavy atom. The summed E-state index contributed by atoms with van der Waals surface area (Å²) in [6.07, 6.45) is 2.03. The number of nitrogens with one attached hydrogen (secondary N) is 1. The molecule has 0 spiro atoms. The SMILES string of the molecule is O=C(Cc1ccsc1)Nc1ncccc1Br. The molecule has 5 heteroatoms. The van der Waals surface area contributed by atoms with E-state index in [1.54, 1.807) is 23.6 Å². The lowest BCUT2D eigenvalue weighted by atomic mass is 10.2. The topological polar surface area (TPSA) is 42.0 Å². The number of hydrogen-bond acceptors (Lipinski definition) is 3. The van der Waals surface area contributed by atoms with Crippen molar-refractivity contribution in [3.05, 3.63) is 45.2 Å². The van der Waals surface area contributed by atoms with Crippen molar-refractivity contribution < 1.29 is 4.79 Å². The molecule has 0 aliphatic carbocycles. The number of amides is 1. The van der Waals surface area contributed by atoms with E-state index in [4.69, 9.17) is 0 Å². The van der Waals surface area contributed by atoms with Crippen LogP contribution in [0.3, 0.4) is 0 Å². The van der Waals surface area contributed by atoms with Gasteiger partial charge in [-0.05, 0) is 50.5 Å². The summed E-state index contributed by atoms with van der Waals surface area (Å²) in [7, 11) is 0. The molecule has 0 aliphatic heterocycles. The monoisotopic (exact) mass is 296 g/mol. The average Bonchev–Trinajstić information content (AvgIpc) is 2.74. The van der Waals surface area contributed by atoms with Crippen LogP contribution in [0.5, 0.6) is 0 Å². The van der Waals surface area contributed by atoms with Crippen LogP contribution in [0.25, 0.3) is 0 Å². The van der Waals surface area contributed by atoms with Crippen molar-refractivity contribution >= 4 is 39.0 Å². The number of nitrogens with zero attached hydrogens (tertiary/aromatic N) is 1. The lowest BCUT2D eigenvalue weighted by molar-refractivity contribution is -0.115. The number of carbonyl (C=O) groups is 1. The van der Waals surface area contributed by atoms with Crippen LogP contribution in [0, 0.1) is 0 Å². The Kier molecular flexibility index (Phi) is 3.69. The second kappa shape index (κ2) is 5.23. The lowest BCUT2D eigenvalue weighted by Crippen LogP contribution is -2.15. The molecular weight excluding hydrogens is 288 g/mol. The van der Waals surface area contributed by atoms with E-state index in [1.165, 1.54) is 0 Å². The highest BCUT2D eigenvalue weighted by molar-refractivity contribution is 9.10. The highest BCUT2D eigenvalue weighted by Crippen LogP contribution is 2.18. The summed E-state index contributed by atoms with van der Waals surface area (Å²) in [5.41, 5.74) is 1.02. The molecule has 0 aliphatic rings. The first-order chi connectivity index (χ1) is 7.75. The first-order valence-corrected chi connectivity index (χ1v) is 6.41. The van der Waals surface area contributed by atoms with Crippen LogP contribution in [-0.4, -0.2) is 10.9 Å². The van der Waals surface area contributed by atoms with Crippen LogP contribution < -0.4 is 5.32 Å². The molecule has 82 valence electrons. The number of thiophene rings is 1. The van der Waals surface area contributed by atoms with Crippen molar-refractivity contribution in [2.24, 2.45) is 0 Å². The molecule has 2 heterocycles. The number of hydrogen-bond donors (Lipinski definition) is 1. The van der Waals surface area contributed by atoms with Gasteiger partial charge in [-0.25, -0.2) is 4.98 Å². The minimum atomic E-state index is -0.0576. The van der Waals surface area contributed by atoms with Gasteiger partial charge in [-0.1, -0.05) is 0 Å². The van der Waals surface area contributed by atoms with E-state index in [0.717, 1.165) is 10.0 Å². The average molecular weight is 297 g/mol. The summed E-state index contributed by atoms with van der Waals surface area (Å²) < 4.78 is 0.786. The Labute approximate surface area is 106 Å². The van der Waals surface area contributed by atoms with Gasteiger partial charge in [0.25, 0.3) is 0 Å². The van der Waals surface area contributed by atoms with Gasteiger partial charge in [-0.2, -0.15) is 11.3 Å². The van der Waals surface area contributed by atoms with E-state index in [-0.39, 0.29) is 5.91 Å². The third kappa shape index (κ3) is 2.90. The quantitative estimate of drug-likeness (QED) is 0.946. The number of anilines is 1. The van der Waals surface area contributed by atoms with Crippen molar-refractivity contribution in [1.82, 2.24) is 4.98 Å². The van der Waals surface area contributed by atoms with Gasteiger partial charge in [-0.3, -0.25) is 4.79 Å². The molecule has 0 aromatic carbocycles. The zero-order valence-electron chi connectivity index (χ0n) is 8.31. The molecular formula is C11H9BrN2OS. The van der Waals surface area contributed by atoms with Crippen LogP contribution >= 0.6 is 27.3 Å². The molecule has 0 saturated carbocycles. The molecule has 0 unspecified atom stereocenters. The standard InChI is InChI=1S/C11H9BrN2OS/c12-9-2-1-4-13-11(9)14-10(15)6-8-3-5-16-7-8/h1-5,7H,6H2,(H,13,14,15). The first kappa shape index (κ1) is 11.3. The second-order valence-corrected chi connectivity index (χ2v) is 4.82. The summed E-state index contributed by atoms with van der Waals surface area (Å²) in [5.74, 6) is 0.500. The maximum Gasteiger partial charge on any atom is 0.230 e. The van der Waals surface area contributed by atoms with E-state index in [1.807, 2.05) is 22.9 Å². The first-order valence-electron chi connectivity index (χ1n) is 4.67. The van der Waals surface area contributed by atoms with Crippen LogP contribution in [0.2, 0.25) is 0 Å². The van der Waals surface area contributed by atoms with Gasteiger partial charge in [0.1, 0.15) is 5.82 Å². The van der Waals surface area contributed by atoms with Crippen molar-refractivity contribution in [1.29, 1.82) is 0 Å². The molecule has 2 aromatic rings. The minimum absolute atomic E-state index is 0.0576.